The Hall–Kier alpha value is -0.610. The fourth-order valence-corrected chi connectivity index (χ4v) is 1.71. The molecule has 1 aliphatic rings. The lowest BCUT2D eigenvalue weighted by Crippen LogP contribution is -2.20. The average molecular weight is 257 g/mol. The molecule has 0 saturated carbocycles. The number of hydrogen-bond acceptors (Lipinski definition) is 3. The summed E-state index contributed by atoms with van der Waals surface area (Å²) in [5.41, 5.74) is 0.966. The van der Waals surface area contributed by atoms with E-state index in [9.17, 15) is 0 Å². The molecule has 0 radical (unpaired) electrons. The minimum atomic E-state index is 0.281. The molecule has 0 amide bonds. The van der Waals surface area contributed by atoms with Crippen LogP contribution in [-0.4, -0.2) is 24.2 Å². The first kappa shape index (κ1) is 9.93. The molecule has 2 heterocycles. The number of pyridine rings is 1. The largest absolute Gasteiger partial charge is 0.473 e. The Morgan fingerprint density at radius 2 is 2.43 bits per heavy atom. The van der Waals surface area contributed by atoms with E-state index in [0.29, 0.717) is 0 Å². The summed E-state index contributed by atoms with van der Waals surface area (Å²) in [6, 6.07) is 3.87. The molecule has 1 saturated heterocycles. The van der Waals surface area contributed by atoms with E-state index < -0.39 is 0 Å². The van der Waals surface area contributed by atoms with E-state index in [1.807, 2.05) is 19.1 Å². The van der Waals surface area contributed by atoms with Crippen LogP contribution in [0.5, 0.6) is 5.88 Å². The van der Waals surface area contributed by atoms with Crippen LogP contribution >= 0.6 is 15.9 Å². The highest BCUT2D eigenvalue weighted by molar-refractivity contribution is 9.10. The molecule has 1 unspecified atom stereocenters. The number of aromatic nitrogens is 1. The van der Waals surface area contributed by atoms with Gasteiger partial charge in [0.15, 0.2) is 0 Å². The Bertz CT molecular complexity index is 324. The van der Waals surface area contributed by atoms with Crippen molar-refractivity contribution >= 4 is 15.9 Å². The predicted octanol–water partition coefficient (Wildman–Crippen LogP) is 1.89. The highest BCUT2D eigenvalue weighted by atomic mass is 79.9. The zero-order valence-corrected chi connectivity index (χ0v) is 9.67. The maximum absolute atomic E-state index is 5.72. The van der Waals surface area contributed by atoms with Crippen LogP contribution in [0.2, 0.25) is 0 Å². The van der Waals surface area contributed by atoms with Crippen LogP contribution in [0.25, 0.3) is 0 Å². The number of rotatable bonds is 2. The molecule has 3 nitrogen and oxygen atoms in total. The van der Waals surface area contributed by atoms with Crippen molar-refractivity contribution in [3.63, 3.8) is 0 Å². The first-order valence-corrected chi connectivity index (χ1v) is 5.55. The van der Waals surface area contributed by atoms with E-state index in [2.05, 4.69) is 26.2 Å². The minimum Gasteiger partial charge on any atom is -0.473 e. The van der Waals surface area contributed by atoms with Gasteiger partial charge >= 0.3 is 0 Å². The van der Waals surface area contributed by atoms with Gasteiger partial charge in [-0.2, -0.15) is 0 Å². The van der Waals surface area contributed by atoms with Gasteiger partial charge in [-0.1, -0.05) is 0 Å². The number of nitrogens with one attached hydrogen (secondary N) is 1. The second-order valence-electron chi connectivity index (χ2n) is 3.45. The maximum Gasteiger partial charge on any atom is 0.213 e. The lowest BCUT2D eigenvalue weighted by Gasteiger charge is -2.11. The van der Waals surface area contributed by atoms with Crippen LogP contribution in [0.15, 0.2) is 16.6 Å². The van der Waals surface area contributed by atoms with Gasteiger partial charge in [0, 0.05) is 17.1 Å². The Morgan fingerprint density at radius 3 is 3.07 bits per heavy atom. The van der Waals surface area contributed by atoms with Crippen molar-refractivity contribution in [2.24, 2.45) is 0 Å². The third-order valence-corrected chi connectivity index (χ3v) is 3.14. The lowest BCUT2D eigenvalue weighted by molar-refractivity contribution is 0.213. The number of halogens is 1. The Morgan fingerprint density at radius 1 is 1.57 bits per heavy atom. The zero-order chi connectivity index (χ0) is 9.97. The number of nitrogens with zero attached hydrogens (tertiary/aromatic N) is 1. The van der Waals surface area contributed by atoms with E-state index in [4.69, 9.17) is 4.74 Å². The van der Waals surface area contributed by atoms with Crippen LogP contribution in [0, 0.1) is 6.92 Å². The molecule has 0 spiro atoms. The standard InChI is InChI=1S/C10H13BrN2O/c1-7-9(11)2-3-10(13-7)14-8-4-5-12-6-8/h2-3,8,12H,4-6H2,1H3. The van der Waals surface area contributed by atoms with Crippen molar-refractivity contribution in [2.75, 3.05) is 13.1 Å². The summed E-state index contributed by atoms with van der Waals surface area (Å²) in [6.07, 6.45) is 1.35. The number of hydrogen-bond donors (Lipinski definition) is 1. The highest BCUT2D eigenvalue weighted by Crippen LogP contribution is 2.19. The summed E-state index contributed by atoms with van der Waals surface area (Å²) < 4.78 is 6.74. The smallest absolute Gasteiger partial charge is 0.213 e. The minimum absolute atomic E-state index is 0.281. The molecule has 4 heteroatoms. The fourth-order valence-electron chi connectivity index (χ4n) is 1.49. The summed E-state index contributed by atoms with van der Waals surface area (Å²) in [6.45, 7) is 3.93. The Balaban J connectivity index is 2.05. The van der Waals surface area contributed by atoms with E-state index in [-0.39, 0.29) is 6.10 Å². The molecule has 1 aromatic rings. The van der Waals surface area contributed by atoms with E-state index in [1.165, 1.54) is 0 Å². The predicted molar refractivity (Wildman–Crippen MR) is 58.6 cm³/mol. The molecule has 0 aromatic carbocycles. The third-order valence-electron chi connectivity index (χ3n) is 2.30. The van der Waals surface area contributed by atoms with E-state index in [0.717, 1.165) is 35.6 Å². The quantitative estimate of drug-likeness (QED) is 0.878. The van der Waals surface area contributed by atoms with E-state index in [1.54, 1.807) is 0 Å². The first-order valence-electron chi connectivity index (χ1n) is 4.76. The van der Waals surface area contributed by atoms with Gasteiger partial charge in [0.2, 0.25) is 5.88 Å². The molecule has 2 rings (SSSR count). The topological polar surface area (TPSA) is 34.1 Å². The number of aryl methyl sites for hydroxylation is 1. The molecule has 0 aliphatic carbocycles. The van der Waals surface area contributed by atoms with Crippen LogP contribution in [0.3, 0.4) is 0 Å². The van der Waals surface area contributed by atoms with Crippen LogP contribution in [0.4, 0.5) is 0 Å². The molecule has 1 aromatic heterocycles. The van der Waals surface area contributed by atoms with Gasteiger partial charge in [-0.05, 0) is 41.9 Å². The molecular weight excluding hydrogens is 244 g/mol. The molecule has 1 N–H and O–H groups in total. The van der Waals surface area contributed by atoms with Gasteiger partial charge in [-0.15, -0.1) is 0 Å². The third kappa shape index (κ3) is 2.25. The van der Waals surface area contributed by atoms with Gasteiger partial charge in [-0.3, -0.25) is 0 Å². The first-order chi connectivity index (χ1) is 6.75. The number of ether oxygens (including phenoxy) is 1. The summed E-state index contributed by atoms with van der Waals surface area (Å²) in [5.74, 6) is 0.722. The van der Waals surface area contributed by atoms with E-state index >= 15 is 0 Å². The molecule has 14 heavy (non-hydrogen) atoms. The Labute approximate surface area is 92.0 Å². The van der Waals surface area contributed by atoms with Crippen molar-refractivity contribution in [3.05, 3.63) is 22.3 Å². The molecule has 76 valence electrons. The van der Waals surface area contributed by atoms with Gasteiger partial charge in [0.05, 0.1) is 5.69 Å². The lowest BCUT2D eigenvalue weighted by atomic mass is 10.3. The SMILES string of the molecule is Cc1nc(OC2CCNC2)ccc1Br. The molecule has 1 fully saturated rings. The molecule has 0 bridgehead atoms. The second kappa shape index (κ2) is 4.28. The fraction of sp³-hybridized carbons (Fsp3) is 0.500. The van der Waals surface area contributed by atoms with Gasteiger partial charge in [0.25, 0.3) is 0 Å². The monoisotopic (exact) mass is 256 g/mol. The average Bonchev–Trinajstić information content (AvgIpc) is 2.64. The van der Waals surface area contributed by atoms with Gasteiger partial charge < -0.3 is 10.1 Å². The maximum atomic E-state index is 5.72. The van der Waals surface area contributed by atoms with Crippen LogP contribution < -0.4 is 10.1 Å². The molecular formula is C10H13BrN2O. The molecule has 1 atom stereocenters. The summed E-state index contributed by atoms with van der Waals surface area (Å²) >= 11 is 3.41. The van der Waals surface area contributed by atoms with Crippen molar-refractivity contribution in [2.45, 2.75) is 19.4 Å². The van der Waals surface area contributed by atoms with Crippen molar-refractivity contribution in [1.29, 1.82) is 0 Å². The summed E-state index contributed by atoms with van der Waals surface area (Å²) in [5, 5.41) is 3.26. The van der Waals surface area contributed by atoms with Crippen molar-refractivity contribution in [3.8, 4) is 5.88 Å². The highest BCUT2D eigenvalue weighted by Gasteiger charge is 2.16. The molecule has 1 aliphatic heterocycles. The Kier molecular flexibility index (Phi) is 3.03. The normalized spacial score (nSPS) is 21.1. The van der Waals surface area contributed by atoms with Crippen LogP contribution in [0.1, 0.15) is 12.1 Å². The second-order valence-corrected chi connectivity index (χ2v) is 4.30. The van der Waals surface area contributed by atoms with Crippen molar-refractivity contribution in [1.82, 2.24) is 10.3 Å². The van der Waals surface area contributed by atoms with Crippen LogP contribution in [-0.2, 0) is 0 Å². The van der Waals surface area contributed by atoms with Gasteiger partial charge in [0.1, 0.15) is 6.10 Å². The zero-order valence-electron chi connectivity index (χ0n) is 8.09. The summed E-state index contributed by atoms with van der Waals surface area (Å²) in [7, 11) is 0. The van der Waals surface area contributed by atoms with Crippen molar-refractivity contribution < 1.29 is 4.74 Å². The summed E-state index contributed by atoms with van der Waals surface area (Å²) in [4.78, 5) is 4.34. The van der Waals surface area contributed by atoms with Gasteiger partial charge in [-0.25, -0.2) is 4.98 Å².